The molecule has 0 radical (unpaired) electrons. The Morgan fingerprint density at radius 2 is 1.86 bits per heavy atom. The van der Waals surface area contributed by atoms with Crippen LogP contribution >= 0.6 is 11.3 Å². The van der Waals surface area contributed by atoms with E-state index >= 15 is 0 Å². The highest BCUT2D eigenvalue weighted by Gasteiger charge is 2.27. The van der Waals surface area contributed by atoms with Crippen LogP contribution in [0, 0.1) is 5.92 Å². The molecule has 3 nitrogen and oxygen atoms in total. The summed E-state index contributed by atoms with van der Waals surface area (Å²) in [5.41, 5.74) is 1.37. The average molecular weight is 310 g/mol. The fourth-order valence-corrected chi connectivity index (χ4v) is 4.46. The summed E-state index contributed by atoms with van der Waals surface area (Å²) in [6, 6.07) is 0.669. The Labute approximate surface area is 134 Å². The van der Waals surface area contributed by atoms with E-state index in [1.165, 1.54) is 41.4 Å². The minimum absolute atomic E-state index is 0.114. The first kappa shape index (κ1) is 16.8. The van der Waals surface area contributed by atoms with Gasteiger partial charge in [0.05, 0.1) is 5.69 Å². The van der Waals surface area contributed by atoms with E-state index in [2.05, 4.69) is 45.0 Å². The SMILES string of the molecule is CNCc1sc(N(C)C2CCC(C)CC2)nc1C(C)(C)C. The molecular formula is C17H31N3S. The molecular weight excluding hydrogens is 278 g/mol. The molecule has 1 heterocycles. The molecule has 4 heteroatoms. The molecule has 1 saturated carbocycles. The lowest BCUT2D eigenvalue weighted by Gasteiger charge is -2.33. The van der Waals surface area contributed by atoms with Gasteiger partial charge in [0.15, 0.2) is 5.13 Å². The van der Waals surface area contributed by atoms with Crippen molar-refractivity contribution in [3.05, 3.63) is 10.6 Å². The Morgan fingerprint density at radius 3 is 2.38 bits per heavy atom. The van der Waals surface area contributed by atoms with Crippen LogP contribution in [0.5, 0.6) is 0 Å². The maximum absolute atomic E-state index is 5.00. The quantitative estimate of drug-likeness (QED) is 0.904. The minimum Gasteiger partial charge on any atom is -0.348 e. The first-order valence-electron chi connectivity index (χ1n) is 8.20. The van der Waals surface area contributed by atoms with Crippen molar-refractivity contribution in [1.82, 2.24) is 10.3 Å². The van der Waals surface area contributed by atoms with Gasteiger partial charge in [-0.3, -0.25) is 0 Å². The third-order valence-electron chi connectivity index (χ3n) is 4.57. The van der Waals surface area contributed by atoms with Gasteiger partial charge in [-0.25, -0.2) is 4.98 Å². The van der Waals surface area contributed by atoms with E-state index in [1.54, 1.807) is 0 Å². The summed E-state index contributed by atoms with van der Waals surface area (Å²) < 4.78 is 0. The van der Waals surface area contributed by atoms with Crippen LogP contribution in [0.15, 0.2) is 0 Å². The molecule has 1 aliphatic rings. The summed E-state index contributed by atoms with van der Waals surface area (Å²) in [4.78, 5) is 8.82. The van der Waals surface area contributed by atoms with Crippen LogP contribution in [0.1, 0.15) is 63.9 Å². The summed E-state index contributed by atoms with van der Waals surface area (Å²) in [5.74, 6) is 0.899. The molecule has 1 aliphatic carbocycles. The first-order chi connectivity index (χ1) is 9.82. The number of hydrogen-bond acceptors (Lipinski definition) is 4. The zero-order valence-electron chi connectivity index (χ0n) is 14.5. The molecule has 0 unspecified atom stereocenters. The van der Waals surface area contributed by atoms with Crippen LogP contribution in [0.4, 0.5) is 5.13 Å². The monoisotopic (exact) mass is 309 g/mol. The maximum atomic E-state index is 5.00. The Hall–Kier alpha value is -0.610. The van der Waals surface area contributed by atoms with E-state index < -0.39 is 0 Å². The van der Waals surface area contributed by atoms with Gasteiger partial charge >= 0.3 is 0 Å². The zero-order valence-corrected chi connectivity index (χ0v) is 15.3. The number of anilines is 1. The fourth-order valence-electron chi connectivity index (χ4n) is 3.14. The molecule has 0 atom stereocenters. The van der Waals surface area contributed by atoms with E-state index in [1.807, 2.05) is 18.4 Å². The third kappa shape index (κ3) is 3.98. The largest absolute Gasteiger partial charge is 0.348 e. The van der Waals surface area contributed by atoms with Gasteiger partial charge in [0, 0.05) is 29.9 Å². The van der Waals surface area contributed by atoms with Crippen LogP contribution in [0.25, 0.3) is 0 Å². The highest BCUT2D eigenvalue weighted by molar-refractivity contribution is 7.15. The number of thiazole rings is 1. The summed E-state index contributed by atoms with van der Waals surface area (Å²) in [5, 5.41) is 4.48. The van der Waals surface area contributed by atoms with Gasteiger partial charge in [-0.15, -0.1) is 11.3 Å². The molecule has 0 amide bonds. The second kappa shape index (κ2) is 6.66. The molecule has 120 valence electrons. The summed E-state index contributed by atoms with van der Waals surface area (Å²) in [7, 11) is 4.24. The van der Waals surface area contributed by atoms with E-state index in [-0.39, 0.29) is 5.41 Å². The normalized spacial score (nSPS) is 23.3. The van der Waals surface area contributed by atoms with Crippen LogP contribution in [-0.2, 0) is 12.0 Å². The Bertz CT molecular complexity index is 453. The van der Waals surface area contributed by atoms with E-state index in [9.17, 15) is 0 Å². The summed E-state index contributed by atoms with van der Waals surface area (Å²) in [6.07, 6.45) is 5.33. The minimum atomic E-state index is 0.114. The molecule has 0 aliphatic heterocycles. The van der Waals surface area contributed by atoms with E-state index in [0.29, 0.717) is 6.04 Å². The van der Waals surface area contributed by atoms with Crippen molar-refractivity contribution in [2.45, 2.75) is 71.4 Å². The lowest BCUT2D eigenvalue weighted by molar-refractivity contribution is 0.340. The Morgan fingerprint density at radius 1 is 1.24 bits per heavy atom. The van der Waals surface area contributed by atoms with Crippen LogP contribution in [-0.4, -0.2) is 25.1 Å². The Kier molecular flexibility index (Phi) is 5.31. The lowest BCUT2D eigenvalue weighted by Crippen LogP contribution is -2.34. The van der Waals surface area contributed by atoms with Gasteiger partial charge in [0.1, 0.15) is 0 Å². The number of hydrogen-bond donors (Lipinski definition) is 1. The van der Waals surface area contributed by atoms with Gasteiger partial charge in [-0.2, -0.15) is 0 Å². The zero-order chi connectivity index (χ0) is 15.6. The highest BCUT2D eigenvalue weighted by Crippen LogP contribution is 2.36. The fraction of sp³-hybridized carbons (Fsp3) is 0.824. The standard InChI is InChI=1S/C17H31N3S/c1-12-7-9-13(10-8-12)20(6)16-19-15(17(2,3)4)14(21-16)11-18-5/h12-13,18H,7-11H2,1-6H3. The number of nitrogens with one attached hydrogen (secondary N) is 1. The predicted molar refractivity (Wildman–Crippen MR) is 93.4 cm³/mol. The van der Waals surface area contributed by atoms with Gasteiger partial charge in [0.25, 0.3) is 0 Å². The second-order valence-electron chi connectivity index (χ2n) is 7.57. The first-order valence-corrected chi connectivity index (χ1v) is 9.02. The predicted octanol–water partition coefficient (Wildman–Crippen LogP) is 4.17. The molecule has 1 N–H and O–H groups in total. The molecule has 0 spiro atoms. The molecule has 1 aromatic heterocycles. The smallest absolute Gasteiger partial charge is 0.185 e. The third-order valence-corrected chi connectivity index (χ3v) is 5.71. The molecule has 21 heavy (non-hydrogen) atoms. The molecule has 0 saturated heterocycles. The van der Waals surface area contributed by atoms with Crippen molar-refractivity contribution >= 4 is 16.5 Å². The van der Waals surface area contributed by atoms with Crippen molar-refractivity contribution in [2.24, 2.45) is 5.92 Å². The van der Waals surface area contributed by atoms with Crippen molar-refractivity contribution in [3.63, 3.8) is 0 Å². The maximum Gasteiger partial charge on any atom is 0.185 e. The van der Waals surface area contributed by atoms with Crippen molar-refractivity contribution in [2.75, 3.05) is 19.0 Å². The number of rotatable bonds is 4. The van der Waals surface area contributed by atoms with Crippen LogP contribution in [0.3, 0.4) is 0 Å². The number of aromatic nitrogens is 1. The van der Waals surface area contributed by atoms with Crippen LogP contribution < -0.4 is 10.2 Å². The van der Waals surface area contributed by atoms with Crippen molar-refractivity contribution < 1.29 is 0 Å². The van der Waals surface area contributed by atoms with Gasteiger partial charge in [-0.05, 0) is 38.6 Å². The molecule has 0 bridgehead atoms. The van der Waals surface area contributed by atoms with Crippen molar-refractivity contribution in [3.8, 4) is 0 Å². The second-order valence-corrected chi connectivity index (χ2v) is 8.64. The lowest BCUT2D eigenvalue weighted by atomic mass is 9.87. The molecule has 2 rings (SSSR count). The van der Waals surface area contributed by atoms with Gasteiger partial charge < -0.3 is 10.2 Å². The number of nitrogens with zero attached hydrogens (tertiary/aromatic N) is 2. The van der Waals surface area contributed by atoms with E-state index in [0.717, 1.165) is 12.5 Å². The molecule has 1 aromatic rings. The topological polar surface area (TPSA) is 28.2 Å². The molecule has 1 fully saturated rings. The summed E-state index contributed by atoms with van der Waals surface area (Å²) >= 11 is 1.87. The van der Waals surface area contributed by atoms with Crippen molar-refractivity contribution in [1.29, 1.82) is 0 Å². The van der Waals surface area contributed by atoms with Crippen LogP contribution in [0.2, 0.25) is 0 Å². The Balaban J connectivity index is 2.19. The van der Waals surface area contributed by atoms with Gasteiger partial charge in [0.2, 0.25) is 0 Å². The van der Waals surface area contributed by atoms with E-state index in [4.69, 9.17) is 4.98 Å². The molecule has 0 aromatic carbocycles. The van der Waals surface area contributed by atoms with Gasteiger partial charge in [-0.1, -0.05) is 27.7 Å². The highest BCUT2D eigenvalue weighted by atomic mass is 32.1. The summed E-state index contributed by atoms with van der Waals surface area (Å²) in [6.45, 7) is 10.1. The average Bonchev–Trinajstić information content (AvgIpc) is 2.83.